The molecule has 1 aromatic rings. The Balaban J connectivity index is 3.16. The zero-order valence-corrected chi connectivity index (χ0v) is 13.8. The number of halogens is 1. The van der Waals surface area contributed by atoms with Crippen LogP contribution in [0.15, 0.2) is 24.3 Å². The minimum Gasteiger partial charge on any atom is -0.465 e. The molecule has 0 aliphatic heterocycles. The van der Waals surface area contributed by atoms with Crippen molar-refractivity contribution in [1.29, 1.82) is 0 Å². The molecule has 0 saturated heterocycles. The number of hydrogen-bond acceptors (Lipinski definition) is 3. The maximum absolute atomic E-state index is 11.7. The number of benzene rings is 1. The Bertz CT molecular complexity index is 536. The molecular formula is C15H20ClNO2Si. The standard InChI is InChI=1S/C15H20ClNO2Si/c1-4-10-20(3,15(16)17)11-9-12-7-5-6-8-13(12)14(18)19-2/h5-8,15H,4,10,17H2,1-3H3. The summed E-state index contributed by atoms with van der Waals surface area (Å²) in [5.74, 6) is 2.70. The Morgan fingerprint density at radius 1 is 1.50 bits per heavy atom. The summed E-state index contributed by atoms with van der Waals surface area (Å²) in [5.41, 5.74) is 10.3. The van der Waals surface area contributed by atoms with Crippen molar-refractivity contribution in [1.82, 2.24) is 0 Å². The highest BCUT2D eigenvalue weighted by atomic mass is 35.5. The van der Waals surface area contributed by atoms with Crippen LogP contribution in [0.1, 0.15) is 29.3 Å². The Hall–Kier alpha value is -1.28. The molecule has 0 saturated carbocycles. The van der Waals surface area contributed by atoms with Crippen LogP contribution in [0.2, 0.25) is 12.6 Å². The molecule has 1 rings (SSSR count). The number of alkyl halides is 1. The number of carbonyl (C=O) groups is 1. The molecule has 20 heavy (non-hydrogen) atoms. The Morgan fingerprint density at radius 2 is 2.15 bits per heavy atom. The average Bonchev–Trinajstić information content (AvgIpc) is 2.44. The van der Waals surface area contributed by atoms with Gasteiger partial charge in [0.1, 0.15) is 0 Å². The van der Waals surface area contributed by atoms with E-state index in [1.807, 2.05) is 6.07 Å². The maximum Gasteiger partial charge on any atom is 0.339 e. The van der Waals surface area contributed by atoms with Crippen molar-refractivity contribution >= 4 is 25.6 Å². The smallest absolute Gasteiger partial charge is 0.339 e. The third kappa shape index (κ3) is 4.10. The highest BCUT2D eigenvalue weighted by Gasteiger charge is 2.30. The van der Waals surface area contributed by atoms with Gasteiger partial charge in [-0.15, -0.1) is 17.1 Å². The van der Waals surface area contributed by atoms with E-state index >= 15 is 0 Å². The lowest BCUT2D eigenvalue weighted by atomic mass is 10.1. The van der Waals surface area contributed by atoms with Crippen LogP contribution >= 0.6 is 11.6 Å². The third-order valence-corrected chi connectivity index (χ3v) is 8.09. The van der Waals surface area contributed by atoms with Crippen molar-refractivity contribution < 1.29 is 9.53 Å². The molecule has 0 aliphatic carbocycles. The van der Waals surface area contributed by atoms with Crippen LogP contribution in [0.3, 0.4) is 0 Å². The zero-order chi connectivity index (χ0) is 15.2. The molecule has 108 valence electrons. The van der Waals surface area contributed by atoms with Gasteiger partial charge in [-0.3, -0.25) is 0 Å². The lowest BCUT2D eigenvalue weighted by Crippen LogP contribution is -2.45. The molecule has 0 aliphatic rings. The largest absolute Gasteiger partial charge is 0.465 e. The lowest BCUT2D eigenvalue weighted by molar-refractivity contribution is 0.0600. The Kier molecular flexibility index (Phi) is 6.28. The van der Waals surface area contributed by atoms with E-state index in [2.05, 4.69) is 24.9 Å². The predicted molar refractivity (Wildman–Crippen MR) is 85.2 cm³/mol. The normalized spacial score (nSPS) is 14.7. The van der Waals surface area contributed by atoms with Crippen molar-refractivity contribution in [2.45, 2.75) is 31.1 Å². The van der Waals surface area contributed by atoms with Gasteiger partial charge in [-0.2, -0.15) is 0 Å². The highest BCUT2D eigenvalue weighted by molar-refractivity contribution is 6.92. The number of ether oxygens (including phenoxy) is 1. The minimum atomic E-state index is -2.05. The van der Waals surface area contributed by atoms with Crippen molar-refractivity contribution in [3.8, 4) is 11.5 Å². The summed E-state index contributed by atoms with van der Waals surface area (Å²) >= 11 is 6.10. The van der Waals surface area contributed by atoms with Crippen molar-refractivity contribution in [2.24, 2.45) is 5.73 Å². The van der Waals surface area contributed by atoms with E-state index in [0.717, 1.165) is 12.5 Å². The lowest BCUT2D eigenvalue weighted by Gasteiger charge is -2.22. The van der Waals surface area contributed by atoms with Gasteiger partial charge in [0.05, 0.1) is 17.8 Å². The fourth-order valence-corrected chi connectivity index (χ4v) is 4.37. The molecule has 3 nitrogen and oxygen atoms in total. The van der Waals surface area contributed by atoms with Crippen LogP contribution in [0.25, 0.3) is 0 Å². The van der Waals surface area contributed by atoms with Crippen LogP contribution in [-0.2, 0) is 4.74 Å². The minimum absolute atomic E-state index is 0.385. The van der Waals surface area contributed by atoms with Crippen molar-refractivity contribution in [3.05, 3.63) is 35.4 Å². The van der Waals surface area contributed by atoms with E-state index in [9.17, 15) is 4.79 Å². The van der Waals surface area contributed by atoms with Gasteiger partial charge in [0.15, 0.2) is 8.07 Å². The highest BCUT2D eigenvalue weighted by Crippen LogP contribution is 2.18. The van der Waals surface area contributed by atoms with Gasteiger partial charge in [0.25, 0.3) is 0 Å². The van der Waals surface area contributed by atoms with Gasteiger partial charge < -0.3 is 10.5 Å². The van der Waals surface area contributed by atoms with E-state index in [-0.39, 0.29) is 5.97 Å². The number of hydrogen-bond donors (Lipinski definition) is 1. The molecule has 2 unspecified atom stereocenters. The molecule has 2 N–H and O–H groups in total. The Morgan fingerprint density at radius 3 is 2.70 bits per heavy atom. The average molecular weight is 310 g/mol. The van der Waals surface area contributed by atoms with Crippen LogP contribution < -0.4 is 5.73 Å². The van der Waals surface area contributed by atoms with Crippen LogP contribution in [0.5, 0.6) is 0 Å². The summed E-state index contributed by atoms with van der Waals surface area (Å²) in [6, 6.07) is 8.07. The topological polar surface area (TPSA) is 52.3 Å². The first kappa shape index (κ1) is 16.8. The second-order valence-corrected chi connectivity index (χ2v) is 9.90. The van der Waals surface area contributed by atoms with E-state index in [1.165, 1.54) is 7.11 Å². The van der Waals surface area contributed by atoms with Crippen molar-refractivity contribution in [2.75, 3.05) is 7.11 Å². The Labute approximate surface area is 126 Å². The number of methoxy groups -OCH3 is 1. The van der Waals surface area contributed by atoms with Gasteiger partial charge in [0.2, 0.25) is 0 Å². The summed E-state index contributed by atoms with van der Waals surface area (Å²) in [4.78, 5) is 11.7. The molecular weight excluding hydrogens is 290 g/mol. The second kappa shape index (κ2) is 7.49. The molecule has 0 aromatic heterocycles. The van der Waals surface area contributed by atoms with Crippen LogP contribution in [-0.4, -0.2) is 26.3 Å². The summed E-state index contributed by atoms with van der Waals surface area (Å²) in [7, 11) is -0.689. The molecule has 0 spiro atoms. The quantitative estimate of drug-likeness (QED) is 0.306. The number of esters is 1. The van der Waals surface area contributed by atoms with Crippen LogP contribution in [0.4, 0.5) is 0 Å². The molecule has 1 aromatic carbocycles. The molecule has 0 heterocycles. The maximum atomic E-state index is 11.7. The monoisotopic (exact) mass is 309 g/mol. The van der Waals surface area contributed by atoms with E-state index in [0.29, 0.717) is 11.1 Å². The first-order valence-electron chi connectivity index (χ1n) is 6.54. The van der Waals surface area contributed by atoms with Gasteiger partial charge in [-0.05, 0) is 18.2 Å². The SMILES string of the molecule is CCC[Si](C)(C#Cc1ccccc1C(=O)OC)C(N)Cl. The summed E-state index contributed by atoms with van der Waals surface area (Å²) in [5, 5.41) is -0.416. The number of rotatable bonds is 4. The molecule has 2 atom stereocenters. The van der Waals surface area contributed by atoms with E-state index < -0.39 is 13.2 Å². The van der Waals surface area contributed by atoms with Gasteiger partial charge in [-0.25, -0.2) is 4.79 Å². The second-order valence-electron chi connectivity index (χ2n) is 4.86. The molecule has 0 fully saturated rings. The summed E-state index contributed by atoms with van der Waals surface area (Å²) < 4.78 is 4.76. The fraction of sp³-hybridized carbons (Fsp3) is 0.400. The number of nitrogens with two attached hydrogens (primary N) is 1. The zero-order valence-electron chi connectivity index (χ0n) is 12.1. The van der Waals surface area contributed by atoms with Gasteiger partial charge in [-0.1, -0.05) is 37.9 Å². The van der Waals surface area contributed by atoms with E-state index in [4.69, 9.17) is 22.1 Å². The first-order valence-corrected chi connectivity index (χ1v) is 9.77. The van der Waals surface area contributed by atoms with Crippen molar-refractivity contribution in [3.63, 3.8) is 0 Å². The summed E-state index contributed by atoms with van der Waals surface area (Å²) in [6.07, 6.45) is 0.996. The molecule has 0 bridgehead atoms. The predicted octanol–water partition coefficient (Wildman–Crippen LogP) is 2.92. The molecule has 0 radical (unpaired) electrons. The third-order valence-electron chi connectivity index (χ3n) is 3.19. The fourth-order valence-electron chi connectivity index (χ4n) is 1.88. The van der Waals surface area contributed by atoms with E-state index in [1.54, 1.807) is 18.2 Å². The number of carbonyl (C=O) groups excluding carboxylic acids is 1. The van der Waals surface area contributed by atoms with Crippen LogP contribution in [0, 0.1) is 11.5 Å². The van der Waals surface area contributed by atoms with Gasteiger partial charge in [0, 0.05) is 5.56 Å². The van der Waals surface area contributed by atoms with Gasteiger partial charge >= 0.3 is 5.97 Å². The molecule has 5 heteroatoms. The molecule has 0 amide bonds. The summed E-state index contributed by atoms with van der Waals surface area (Å²) in [6.45, 7) is 4.16. The first-order chi connectivity index (χ1) is 9.44.